The molecular formula is C17H20N2. The van der Waals surface area contributed by atoms with Crippen molar-refractivity contribution >= 4 is 16.5 Å². The van der Waals surface area contributed by atoms with E-state index >= 15 is 0 Å². The molecule has 0 amide bonds. The normalized spacial score (nSPS) is 23.6. The van der Waals surface area contributed by atoms with Gasteiger partial charge >= 0.3 is 0 Å². The van der Waals surface area contributed by atoms with Crippen LogP contribution in [0.2, 0.25) is 0 Å². The van der Waals surface area contributed by atoms with Crippen LogP contribution in [0.3, 0.4) is 0 Å². The molecule has 1 aromatic heterocycles. The number of nitrogens with zero attached hydrogens (tertiary/aromatic N) is 1. The van der Waals surface area contributed by atoms with Crippen molar-refractivity contribution in [1.29, 1.82) is 0 Å². The highest BCUT2D eigenvalue weighted by Crippen LogP contribution is 2.35. The van der Waals surface area contributed by atoms with Gasteiger partial charge in [0.25, 0.3) is 0 Å². The molecule has 0 aliphatic carbocycles. The average Bonchev–Trinajstić information content (AvgIpc) is 3.04. The maximum Gasteiger partial charge on any atom is 0.0489 e. The first-order chi connectivity index (χ1) is 9.33. The van der Waals surface area contributed by atoms with E-state index in [0.717, 1.165) is 12.6 Å². The van der Waals surface area contributed by atoms with E-state index in [2.05, 4.69) is 47.3 Å². The molecule has 0 bridgehead atoms. The molecule has 1 aromatic carbocycles. The second-order valence-corrected chi connectivity index (χ2v) is 5.92. The summed E-state index contributed by atoms with van der Waals surface area (Å²) in [5.74, 6) is 0. The summed E-state index contributed by atoms with van der Waals surface area (Å²) in [5, 5.41) is 1.39. The van der Waals surface area contributed by atoms with E-state index in [1.54, 1.807) is 5.57 Å². The Bertz CT molecular complexity index is 650. The van der Waals surface area contributed by atoms with Gasteiger partial charge in [-0.2, -0.15) is 0 Å². The summed E-state index contributed by atoms with van der Waals surface area (Å²) < 4.78 is 0. The summed E-state index contributed by atoms with van der Waals surface area (Å²) in [6.45, 7) is 4.61. The summed E-state index contributed by atoms with van der Waals surface area (Å²) in [5.41, 5.74) is 5.60. The van der Waals surface area contributed by atoms with Gasteiger partial charge in [0.05, 0.1) is 0 Å². The van der Waals surface area contributed by atoms with Gasteiger partial charge in [0.2, 0.25) is 0 Å². The molecule has 0 spiro atoms. The van der Waals surface area contributed by atoms with E-state index in [1.807, 2.05) is 0 Å². The number of aromatic nitrogens is 1. The first-order valence-corrected chi connectivity index (χ1v) is 7.33. The van der Waals surface area contributed by atoms with Crippen LogP contribution in [0.4, 0.5) is 0 Å². The topological polar surface area (TPSA) is 19.0 Å². The molecule has 2 heteroatoms. The third-order valence-electron chi connectivity index (χ3n) is 4.80. The predicted octanol–water partition coefficient (Wildman–Crippen LogP) is 3.73. The van der Waals surface area contributed by atoms with Gasteiger partial charge in [-0.05, 0) is 43.9 Å². The van der Waals surface area contributed by atoms with E-state index in [9.17, 15) is 0 Å². The second kappa shape index (κ2) is 4.24. The SMILES string of the molecule is Cc1cccc2c(C3=CCN4CCC[C@H]4C3)c[nH]c12. The third kappa shape index (κ3) is 1.74. The van der Waals surface area contributed by atoms with E-state index in [0.29, 0.717) is 0 Å². The van der Waals surface area contributed by atoms with Crippen molar-refractivity contribution in [1.82, 2.24) is 9.88 Å². The molecule has 0 unspecified atom stereocenters. The minimum atomic E-state index is 0.787. The van der Waals surface area contributed by atoms with Crippen molar-refractivity contribution in [2.24, 2.45) is 0 Å². The van der Waals surface area contributed by atoms with E-state index in [-0.39, 0.29) is 0 Å². The lowest BCUT2D eigenvalue weighted by molar-refractivity contribution is 0.275. The van der Waals surface area contributed by atoms with Crippen molar-refractivity contribution in [3.05, 3.63) is 41.6 Å². The quantitative estimate of drug-likeness (QED) is 0.819. The maximum absolute atomic E-state index is 3.46. The molecule has 1 fully saturated rings. The summed E-state index contributed by atoms with van der Waals surface area (Å²) in [7, 11) is 0. The number of hydrogen-bond acceptors (Lipinski definition) is 1. The average molecular weight is 252 g/mol. The molecule has 0 radical (unpaired) electrons. The van der Waals surface area contributed by atoms with E-state index < -0.39 is 0 Å². The number of para-hydroxylation sites is 1. The molecule has 2 aromatic rings. The highest BCUT2D eigenvalue weighted by atomic mass is 15.2. The monoisotopic (exact) mass is 252 g/mol. The van der Waals surface area contributed by atoms with Crippen molar-refractivity contribution in [2.75, 3.05) is 13.1 Å². The van der Waals surface area contributed by atoms with Crippen LogP contribution in [0, 0.1) is 6.92 Å². The van der Waals surface area contributed by atoms with Crippen molar-refractivity contribution in [2.45, 2.75) is 32.2 Å². The van der Waals surface area contributed by atoms with Crippen molar-refractivity contribution < 1.29 is 0 Å². The van der Waals surface area contributed by atoms with E-state index in [4.69, 9.17) is 0 Å². The molecule has 4 rings (SSSR count). The van der Waals surface area contributed by atoms with Crippen molar-refractivity contribution in [3.63, 3.8) is 0 Å². The number of aryl methyl sites for hydroxylation is 1. The van der Waals surface area contributed by atoms with Gasteiger partial charge in [-0.3, -0.25) is 4.90 Å². The first kappa shape index (κ1) is 11.3. The van der Waals surface area contributed by atoms with Crippen LogP contribution in [0.25, 0.3) is 16.5 Å². The zero-order valence-corrected chi connectivity index (χ0v) is 11.4. The molecule has 0 saturated carbocycles. The van der Waals surface area contributed by atoms with Crippen LogP contribution in [0.1, 0.15) is 30.4 Å². The number of aromatic amines is 1. The Labute approximate surface area is 114 Å². The number of rotatable bonds is 1. The third-order valence-corrected chi connectivity index (χ3v) is 4.80. The fourth-order valence-electron chi connectivity index (χ4n) is 3.72. The summed E-state index contributed by atoms with van der Waals surface area (Å²) in [4.78, 5) is 6.09. The summed E-state index contributed by atoms with van der Waals surface area (Å²) in [6, 6.07) is 7.38. The minimum absolute atomic E-state index is 0.787. The van der Waals surface area contributed by atoms with Gasteiger partial charge in [-0.1, -0.05) is 24.3 Å². The van der Waals surface area contributed by atoms with Gasteiger partial charge in [0.1, 0.15) is 0 Å². The predicted molar refractivity (Wildman–Crippen MR) is 80.2 cm³/mol. The highest BCUT2D eigenvalue weighted by molar-refractivity contribution is 5.94. The standard InChI is InChI=1S/C17H20N2/c1-12-4-2-6-15-16(11-18-17(12)15)13-7-9-19-8-3-5-14(19)10-13/h2,4,6-7,11,14,18H,3,5,8-10H2,1H3/t14-/m0/s1. The lowest BCUT2D eigenvalue weighted by atomic mass is 9.93. The van der Waals surface area contributed by atoms with Crippen molar-refractivity contribution in [3.8, 4) is 0 Å². The molecule has 98 valence electrons. The van der Waals surface area contributed by atoms with Crippen LogP contribution in [-0.2, 0) is 0 Å². The minimum Gasteiger partial charge on any atom is -0.360 e. The molecule has 1 atom stereocenters. The molecule has 19 heavy (non-hydrogen) atoms. The Morgan fingerprint density at radius 3 is 3.21 bits per heavy atom. The van der Waals surface area contributed by atoms with Crippen LogP contribution < -0.4 is 0 Å². The number of hydrogen-bond donors (Lipinski definition) is 1. The Kier molecular flexibility index (Phi) is 2.52. The lowest BCUT2D eigenvalue weighted by Crippen LogP contribution is -2.32. The van der Waals surface area contributed by atoms with Gasteiger partial charge < -0.3 is 4.98 Å². The molecule has 1 saturated heterocycles. The van der Waals surface area contributed by atoms with E-state index in [1.165, 1.54) is 47.8 Å². The van der Waals surface area contributed by atoms with Gasteiger partial charge in [-0.15, -0.1) is 0 Å². The smallest absolute Gasteiger partial charge is 0.0489 e. The number of nitrogens with one attached hydrogen (secondary N) is 1. The second-order valence-electron chi connectivity index (χ2n) is 5.92. The number of benzene rings is 1. The van der Waals surface area contributed by atoms with Crippen LogP contribution in [-0.4, -0.2) is 29.0 Å². The lowest BCUT2D eigenvalue weighted by Gasteiger charge is -2.29. The molecule has 2 nitrogen and oxygen atoms in total. The zero-order chi connectivity index (χ0) is 12.8. The van der Waals surface area contributed by atoms with Crippen LogP contribution in [0.15, 0.2) is 30.5 Å². The highest BCUT2D eigenvalue weighted by Gasteiger charge is 2.28. The maximum atomic E-state index is 3.46. The largest absolute Gasteiger partial charge is 0.360 e. The van der Waals surface area contributed by atoms with Gasteiger partial charge in [0, 0.05) is 35.2 Å². The summed E-state index contributed by atoms with van der Waals surface area (Å²) >= 11 is 0. The molecule has 3 heterocycles. The fraction of sp³-hybridized carbons (Fsp3) is 0.412. The Morgan fingerprint density at radius 2 is 2.26 bits per heavy atom. The zero-order valence-electron chi connectivity index (χ0n) is 11.4. The van der Waals surface area contributed by atoms with Gasteiger partial charge in [-0.25, -0.2) is 0 Å². The number of fused-ring (bicyclic) bond motifs is 2. The van der Waals surface area contributed by atoms with Crippen LogP contribution in [0.5, 0.6) is 0 Å². The number of H-pyrrole nitrogens is 1. The first-order valence-electron chi connectivity index (χ1n) is 7.33. The molecule has 2 aliphatic heterocycles. The Morgan fingerprint density at radius 1 is 1.32 bits per heavy atom. The Hall–Kier alpha value is -1.54. The summed E-state index contributed by atoms with van der Waals surface area (Å²) in [6.07, 6.45) is 8.61. The molecule has 1 N–H and O–H groups in total. The molecular weight excluding hydrogens is 232 g/mol. The fourth-order valence-corrected chi connectivity index (χ4v) is 3.72. The van der Waals surface area contributed by atoms with Gasteiger partial charge in [0.15, 0.2) is 0 Å². The van der Waals surface area contributed by atoms with Crippen LogP contribution >= 0.6 is 0 Å². The molecule has 2 aliphatic rings. The Balaban J connectivity index is 1.77.